The second-order valence-corrected chi connectivity index (χ2v) is 7.72. The maximum absolute atomic E-state index is 5.91. The summed E-state index contributed by atoms with van der Waals surface area (Å²) in [6, 6.07) is 0.691. The molecule has 0 aromatic carbocycles. The van der Waals surface area contributed by atoms with Crippen LogP contribution in [0.25, 0.3) is 0 Å². The molecule has 2 fully saturated rings. The van der Waals surface area contributed by atoms with E-state index in [1.54, 1.807) is 0 Å². The van der Waals surface area contributed by atoms with Gasteiger partial charge >= 0.3 is 0 Å². The monoisotopic (exact) mass is 282 g/mol. The van der Waals surface area contributed by atoms with E-state index in [1.165, 1.54) is 45.4 Å². The predicted molar refractivity (Wildman–Crippen MR) is 85.1 cm³/mol. The number of nitrogens with zero attached hydrogens (tertiary/aromatic N) is 1. The van der Waals surface area contributed by atoms with E-state index < -0.39 is 0 Å². The molecule has 1 aliphatic heterocycles. The first-order chi connectivity index (χ1) is 9.43. The average molecular weight is 282 g/mol. The van der Waals surface area contributed by atoms with Crippen LogP contribution < -0.4 is 5.32 Å². The van der Waals surface area contributed by atoms with E-state index in [0.717, 1.165) is 6.61 Å². The van der Waals surface area contributed by atoms with E-state index in [0.29, 0.717) is 23.0 Å². The minimum absolute atomic E-state index is 0.299. The van der Waals surface area contributed by atoms with Crippen molar-refractivity contribution in [1.82, 2.24) is 10.2 Å². The molecule has 2 rings (SSSR count). The fourth-order valence-corrected chi connectivity index (χ4v) is 4.09. The summed E-state index contributed by atoms with van der Waals surface area (Å²) in [5.41, 5.74) is 0.759. The second kappa shape index (κ2) is 6.33. The van der Waals surface area contributed by atoms with Crippen molar-refractivity contribution in [2.75, 3.05) is 32.8 Å². The molecule has 0 spiro atoms. The molecule has 2 aliphatic rings. The van der Waals surface area contributed by atoms with Gasteiger partial charge in [0.1, 0.15) is 0 Å². The Morgan fingerprint density at radius 2 is 2.00 bits per heavy atom. The summed E-state index contributed by atoms with van der Waals surface area (Å²) >= 11 is 0. The van der Waals surface area contributed by atoms with E-state index in [1.807, 2.05) is 0 Å². The van der Waals surface area contributed by atoms with Crippen LogP contribution in [0, 0.1) is 10.8 Å². The smallest absolute Gasteiger partial charge is 0.0655 e. The van der Waals surface area contributed by atoms with Crippen LogP contribution in [0.1, 0.15) is 53.9 Å². The summed E-state index contributed by atoms with van der Waals surface area (Å²) in [6.45, 7) is 17.3. The minimum Gasteiger partial charge on any atom is -0.378 e. The quantitative estimate of drug-likeness (QED) is 0.777. The van der Waals surface area contributed by atoms with Crippen LogP contribution in [-0.2, 0) is 4.74 Å². The molecule has 1 saturated carbocycles. The summed E-state index contributed by atoms with van der Waals surface area (Å²) < 4.78 is 5.91. The van der Waals surface area contributed by atoms with Crippen LogP contribution in [0.5, 0.6) is 0 Å². The van der Waals surface area contributed by atoms with Crippen molar-refractivity contribution in [1.29, 1.82) is 0 Å². The van der Waals surface area contributed by atoms with E-state index in [9.17, 15) is 0 Å². The molecule has 3 heteroatoms. The van der Waals surface area contributed by atoms with Crippen LogP contribution in [-0.4, -0.2) is 49.8 Å². The lowest BCUT2D eigenvalue weighted by molar-refractivity contribution is -0.154. The normalized spacial score (nSPS) is 36.3. The first-order valence-corrected chi connectivity index (χ1v) is 8.49. The van der Waals surface area contributed by atoms with Gasteiger partial charge in [0.05, 0.1) is 6.10 Å². The zero-order valence-corrected chi connectivity index (χ0v) is 14.2. The summed E-state index contributed by atoms with van der Waals surface area (Å²) in [5, 5.41) is 3.53. The second-order valence-electron chi connectivity index (χ2n) is 7.72. The standard InChI is InChI=1S/C17H34N2O/c1-6-10-19(13-17(5)8-9-18-12-17)14-11-15(20-7-2)16(14,3)4/h14-15,18H,6-13H2,1-5H3. The van der Waals surface area contributed by atoms with Crippen LogP contribution in [0.4, 0.5) is 0 Å². The van der Waals surface area contributed by atoms with E-state index in [2.05, 4.69) is 44.8 Å². The van der Waals surface area contributed by atoms with Gasteiger partial charge in [-0.1, -0.05) is 27.7 Å². The number of nitrogens with one attached hydrogen (secondary N) is 1. The summed E-state index contributed by atoms with van der Waals surface area (Å²) in [7, 11) is 0. The zero-order valence-electron chi connectivity index (χ0n) is 14.2. The largest absolute Gasteiger partial charge is 0.378 e. The Kier molecular flexibility index (Phi) is 5.14. The topological polar surface area (TPSA) is 24.5 Å². The molecule has 0 aromatic heterocycles. The number of hydrogen-bond donors (Lipinski definition) is 1. The zero-order chi connectivity index (χ0) is 14.8. The van der Waals surface area contributed by atoms with E-state index in [4.69, 9.17) is 4.74 Å². The molecule has 1 heterocycles. The summed E-state index contributed by atoms with van der Waals surface area (Å²) in [4.78, 5) is 2.75. The third-order valence-corrected chi connectivity index (χ3v) is 5.49. The van der Waals surface area contributed by atoms with Gasteiger partial charge in [-0.2, -0.15) is 0 Å². The highest BCUT2D eigenvalue weighted by molar-refractivity contribution is 5.05. The van der Waals surface area contributed by atoms with Crippen molar-refractivity contribution in [3.05, 3.63) is 0 Å². The highest BCUT2D eigenvalue weighted by Gasteiger charge is 2.52. The molecule has 0 amide bonds. The summed E-state index contributed by atoms with van der Waals surface area (Å²) in [5.74, 6) is 0. The lowest BCUT2D eigenvalue weighted by Gasteiger charge is -2.57. The fourth-order valence-electron chi connectivity index (χ4n) is 4.09. The highest BCUT2D eigenvalue weighted by atomic mass is 16.5. The van der Waals surface area contributed by atoms with Crippen molar-refractivity contribution in [2.45, 2.75) is 66.0 Å². The van der Waals surface area contributed by atoms with Gasteiger partial charge in [-0.05, 0) is 44.7 Å². The average Bonchev–Trinajstić information content (AvgIpc) is 2.80. The van der Waals surface area contributed by atoms with Gasteiger partial charge in [0.2, 0.25) is 0 Å². The molecule has 0 bridgehead atoms. The summed E-state index contributed by atoms with van der Waals surface area (Å²) in [6.07, 6.45) is 4.22. The van der Waals surface area contributed by atoms with Gasteiger partial charge in [-0.3, -0.25) is 4.90 Å². The van der Waals surface area contributed by atoms with E-state index in [-0.39, 0.29) is 0 Å². The van der Waals surface area contributed by atoms with Crippen LogP contribution in [0.3, 0.4) is 0 Å². The Bertz CT molecular complexity index is 310. The Hall–Kier alpha value is -0.120. The Labute approximate surface area is 125 Å². The van der Waals surface area contributed by atoms with Gasteiger partial charge in [-0.15, -0.1) is 0 Å². The number of hydrogen-bond acceptors (Lipinski definition) is 3. The van der Waals surface area contributed by atoms with Gasteiger partial charge in [-0.25, -0.2) is 0 Å². The van der Waals surface area contributed by atoms with Crippen molar-refractivity contribution in [3.63, 3.8) is 0 Å². The van der Waals surface area contributed by atoms with Crippen molar-refractivity contribution >= 4 is 0 Å². The van der Waals surface area contributed by atoms with Crippen LogP contribution in [0.15, 0.2) is 0 Å². The van der Waals surface area contributed by atoms with Gasteiger partial charge in [0.25, 0.3) is 0 Å². The van der Waals surface area contributed by atoms with E-state index >= 15 is 0 Å². The van der Waals surface area contributed by atoms with Crippen molar-refractivity contribution in [3.8, 4) is 0 Å². The maximum Gasteiger partial charge on any atom is 0.0655 e. The number of rotatable bonds is 7. The van der Waals surface area contributed by atoms with Crippen molar-refractivity contribution in [2.24, 2.45) is 10.8 Å². The minimum atomic E-state index is 0.299. The number of ether oxygens (including phenoxy) is 1. The highest BCUT2D eigenvalue weighted by Crippen LogP contribution is 2.46. The molecule has 20 heavy (non-hydrogen) atoms. The molecular formula is C17H34N2O. The first kappa shape index (κ1) is 16.3. The van der Waals surface area contributed by atoms with Gasteiger partial charge < -0.3 is 10.1 Å². The molecule has 1 N–H and O–H groups in total. The molecule has 0 aromatic rings. The van der Waals surface area contributed by atoms with Crippen LogP contribution >= 0.6 is 0 Å². The lowest BCUT2D eigenvalue weighted by Crippen LogP contribution is -2.63. The van der Waals surface area contributed by atoms with Gasteiger partial charge in [0.15, 0.2) is 0 Å². The SMILES string of the molecule is CCCN(CC1(C)CCNC1)C1CC(OCC)C1(C)C. The molecule has 3 nitrogen and oxygen atoms in total. The third-order valence-electron chi connectivity index (χ3n) is 5.49. The molecule has 1 saturated heterocycles. The maximum atomic E-state index is 5.91. The third kappa shape index (κ3) is 3.20. The van der Waals surface area contributed by atoms with Crippen LogP contribution in [0.2, 0.25) is 0 Å². The molecule has 3 unspecified atom stereocenters. The first-order valence-electron chi connectivity index (χ1n) is 8.49. The molecule has 118 valence electrons. The molecule has 1 aliphatic carbocycles. The molecular weight excluding hydrogens is 248 g/mol. The predicted octanol–water partition coefficient (Wildman–Crippen LogP) is 2.90. The van der Waals surface area contributed by atoms with Crippen molar-refractivity contribution < 1.29 is 4.74 Å². The Balaban J connectivity index is 1.99. The fraction of sp³-hybridized carbons (Fsp3) is 1.00. The lowest BCUT2D eigenvalue weighted by atomic mass is 9.63. The molecule has 3 atom stereocenters. The van der Waals surface area contributed by atoms with Gasteiger partial charge in [0, 0.05) is 31.2 Å². The Morgan fingerprint density at radius 3 is 2.50 bits per heavy atom. The Morgan fingerprint density at radius 1 is 1.25 bits per heavy atom. The molecule has 0 radical (unpaired) electrons.